The third-order valence-electron chi connectivity index (χ3n) is 2.70. The molecule has 0 atom stereocenters. The van der Waals surface area contributed by atoms with Crippen LogP contribution in [0.2, 0.25) is 5.15 Å². The van der Waals surface area contributed by atoms with Gasteiger partial charge in [0.05, 0.1) is 11.7 Å². The largest absolute Gasteiger partial charge is 0.393 e. The van der Waals surface area contributed by atoms with Gasteiger partial charge in [-0.3, -0.25) is 4.79 Å². The molecular formula is C10H12ClN3O2. The maximum Gasteiger partial charge on any atom is 0.156 e. The lowest BCUT2D eigenvalue weighted by Gasteiger charge is -2.31. The lowest BCUT2D eigenvalue weighted by atomic mass is 10.1. The number of aliphatic hydroxyl groups is 1. The molecule has 1 aromatic heterocycles. The van der Waals surface area contributed by atoms with Crippen LogP contribution < -0.4 is 4.90 Å². The van der Waals surface area contributed by atoms with Crippen molar-refractivity contribution in [2.45, 2.75) is 18.9 Å². The van der Waals surface area contributed by atoms with E-state index in [9.17, 15) is 9.90 Å². The van der Waals surface area contributed by atoms with E-state index >= 15 is 0 Å². The number of aromatic nitrogens is 2. The molecular weight excluding hydrogens is 230 g/mol. The van der Waals surface area contributed by atoms with Crippen molar-refractivity contribution in [3.05, 3.63) is 17.0 Å². The van der Waals surface area contributed by atoms with Gasteiger partial charge in [0.25, 0.3) is 0 Å². The third-order valence-corrected chi connectivity index (χ3v) is 3.00. The Balaban J connectivity index is 2.26. The van der Waals surface area contributed by atoms with Crippen LogP contribution in [0, 0.1) is 0 Å². The van der Waals surface area contributed by atoms with Gasteiger partial charge in [-0.15, -0.1) is 0 Å². The van der Waals surface area contributed by atoms with E-state index in [2.05, 4.69) is 9.97 Å². The Morgan fingerprint density at radius 3 is 2.75 bits per heavy atom. The van der Waals surface area contributed by atoms with Crippen molar-refractivity contribution in [1.82, 2.24) is 9.97 Å². The van der Waals surface area contributed by atoms with Gasteiger partial charge in [-0.05, 0) is 12.8 Å². The Hall–Kier alpha value is -1.20. The van der Waals surface area contributed by atoms with Crippen LogP contribution in [0.15, 0.2) is 6.33 Å². The zero-order valence-electron chi connectivity index (χ0n) is 8.64. The van der Waals surface area contributed by atoms with E-state index in [0.29, 0.717) is 43.6 Å². The first-order chi connectivity index (χ1) is 7.72. The average Bonchev–Trinajstić information content (AvgIpc) is 2.30. The number of nitrogens with zero attached hydrogens (tertiary/aromatic N) is 3. The molecule has 1 aliphatic heterocycles. The highest BCUT2D eigenvalue weighted by Crippen LogP contribution is 2.24. The van der Waals surface area contributed by atoms with Crippen LogP contribution in [0.5, 0.6) is 0 Å². The van der Waals surface area contributed by atoms with Gasteiger partial charge in [-0.25, -0.2) is 9.97 Å². The number of piperidine rings is 1. The fraction of sp³-hybridized carbons (Fsp3) is 0.500. The SMILES string of the molecule is O=Cc1c(Cl)ncnc1N1CCC(O)CC1. The molecule has 86 valence electrons. The van der Waals surface area contributed by atoms with Crippen molar-refractivity contribution in [1.29, 1.82) is 0 Å². The summed E-state index contributed by atoms with van der Waals surface area (Å²) < 4.78 is 0. The summed E-state index contributed by atoms with van der Waals surface area (Å²) >= 11 is 5.82. The number of anilines is 1. The number of aliphatic hydroxyl groups excluding tert-OH is 1. The monoisotopic (exact) mass is 241 g/mol. The maximum atomic E-state index is 10.9. The quantitative estimate of drug-likeness (QED) is 0.616. The smallest absolute Gasteiger partial charge is 0.156 e. The van der Waals surface area contributed by atoms with Crippen LogP contribution in [0.25, 0.3) is 0 Å². The second-order valence-electron chi connectivity index (χ2n) is 3.74. The first kappa shape index (κ1) is 11.3. The molecule has 0 unspecified atom stereocenters. The van der Waals surface area contributed by atoms with Crippen LogP contribution in [-0.2, 0) is 0 Å². The Kier molecular flexibility index (Phi) is 3.36. The molecule has 0 radical (unpaired) electrons. The first-order valence-electron chi connectivity index (χ1n) is 5.11. The van der Waals surface area contributed by atoms with Crippen molar-refractivity contribution >= 4 is 23.7 Å². The Morgan fingerprint density at radius 1 is 1.44 bits per heavy atom. The topological polar surface area (TPSA) is 66.3 Å². The van der Waals surface area contributed by atoms with Gasteiger partial charge in [-0.1, -0.05) is 11.6 Å². The number of carbonyl (C=O) groups is 1. The number of aldehydes is 1. The van der Waals surface area contributed by atoms with Crippen LogP contribution in [-0.4, -0.2) is 40.6 Å². The van der Waals surface area contributed by atoms with E-state index in [4.69, 9.17) is 11.6 Å². The van der Waals surface area contributed by atoms with Gasteiger partial charge in [-0.2, -0.15) is 0 Å². The lowest BCUT2D eigenvalue weighted by Crippen LogP contribution is -2.37. The molecule has 2 rings (SSSR count). The van der Waals surface area contributed by atoms with Crippen LogP contribution in [0.3, 0.4) is 0 Å². The fourth-order valence-corrected chi connectivity index (χ4v) is 1.97. The second kappa shape index (κ2) is 4.76. The lowest BCUT2D eigenvalue weighted by molar-refractivity contribution is 0.112. The summed E-state index contributed by atoms with van der Waals surface area (Å²) in [4.78, 5) is 20.7. The summed E-state index contributed by atoms with van der Waals surface area (Å²) in [5.74, 6) is 0.557. The van der Waals surface area contributed by atoms with Crippen molar-refractivity contribution in [3.63, 3.8) is 0 Å². The Morgan fingerprint density at radius 2 is 2.12 bits per heavy atom. The summed E-state index contributed by atoms with van der Waals surface area (Å²) in [6, 6.07) is 0. The van der Waals surface area contributed by atoms with Crippen molar-refractivity contribution < 1.29 is 9.90 Å². The molecule has 1 aliphatic rings. The first-order valence-corrected chi connectivity index (χ1v) is 5.49. The molecule has 0 aromatic carbocycles. The summed E-state index contributed by atoms with van der Waals surface area (Å²) in [5.41, 5.74) is 0.320. The predicted molar refractivity (Wildman–Crippen MR) is 59.9 cm³/mol. The highest BCUT2D eigenvalue weighted by Gasteiger charge is 2.21. The molecule has 0 amide bonds. The van der Waals surface area contributed by atoms with Crippen molar-refractivity contribution in [2.24, 2.45) is 0 Å². The second-order valence-corrected chi connectivity index (χ2v) is 4.10. The third kappa shape index (κ3) is 2.15. The van der Waals surface area contributed by atoms with Gasteiger partial charge >= 0.3 is 0 Å². The molecule has 0 aliphatic carbocycles. The molecule has 1 saturated heterocycles. The molecule has 0 bridgehead atoms. The summed E-state index contributed by atoms with van der Waals surface area (Å²) in [6.45, 7) is 1.35. The Bertz CT molecular complexity index is 392. The van der Waals surface area contributed by atoms with E-state index in [0.717, 1.165) is 0 Å². The standard InChI is InChI=1S/C10H12ClN3O2/c11-9-8(5-15)10(13-6-12-9)14-3-1-7(16)2-4-14/h5-7,16H,1-4H2. The molecule has 16 heavy (non-hydrogen) atoms. The number of hydrogen-bond donors (Lipinski definition) is 1. The number of rotatable bonds is 2. The number of halogens is 1. The minimum absolute atomic E-state index is 0.172. The molecule has 0 spiro atoms. The van der Waals surface area contributed by atoms with E-state index in [-0.39, 0.29) is 11.3 Å². The highest BCUT2D eigenvalue weighted by atomic mass is 35.5. The van der Waals surface area contributed by atoms with Gasteiger partial charge < -0.3 is 10.0 Å². The van der Waals surface area contributed by atoms with Crippen molar-refractivity contribution in [2.75, 3.05) is 18.0 Å². The van der Waals surface area contributed by atoms with Crippen LogP contribution >= 0.6 is 11.6 Å². The number of hydrogen-bond acceptors (Lipinski definition) is 5. The average molecular weight is 242 g/mol. The molecule has 6 heteroatoms. The van der Waals surface area contributed by atoms with Gasteiger partial charge in [0, 0.05) is 13.1 Å². The maximum absolute atomic E-state index is 10.9. The van der Waals surface area contributed by atoms with Crippen LogP contribution in [0.1, 0.15) is 23.2 Å². The van der Waals surface area contributed by atoms with Crippen LogP contribution in [0.4, 0.5) is 5.82 Å². The van der Waals surface area contributed by atoms with Gasteiger partial charge in [0.2, 0.25) is 0 Å². The van der Waals surface area contributed by atoms with E-state index < -0.39 is 0 Å². The summed E-state index contributed by atoms with van der Waals surface area (Å²) in [6.07, 6.45) is 3.12. The van der Waals surface area contributed by atoms with E-state index in [1.165, 1.54) is 6.33 Å². The number of carbonyl (C=O) groups excluding carboxylic acids is 1. The van der Waals surface area contributed by atoms with Gasteiger partial charge in [0.1, 0.15) is 17.3 Å². The molecule has 0 saturated carbocycles. The summed E-state index contributed by atoms with van der Waals surface area (Å²) in [5, 5.41) is 9.57. The highest BCUT2D eigenvalue weighted by molar-refractivity contribution is 6.32. The zero-order valence-corrected chi connectivity index (χ0v) is 9.39. The Labute approximate surface area is 98.1 Å². The molecule has 1 N–H and O–H groups in total. The summed E-state index contributed by atoms with van der Waals surface area (Å²) in [7, 11) is 0. The van der Waals surface area contributed by atoms with Crippen molar-refractivity contribution in [3.8, 4) is 0 Å². The predicted octanol–water partition coefficient (Wildman–Crippen LogP) is 0.904. The van der Waals surface area contributed by atoms with Gasteiger partial charge in [0.15, 0.2) is 6.29 Å². The fourth-order valence-electron chi connectivity index (χ4n) is 1.80. The van der Waals surface area contributed by atoms with E-state index in [1.807, 2.05) is 4.90 Å². The minimum atomic E-state index is -0.256. The molecule has 1 fully saturated rings. The van der Waals surface area contributed by atoms with E-state index in [1.54, 1.807) is 0 Å². The molecule has 1 aromatic rings. The molecule has 2 heterocycles. The minimum Gasteiger partial charge on any atom is -0.393 e. The molecule has 5 nitrogen and oxygen atoms in total. The zero-order chi connectivity index (χ0) is 11.5. The normalized spacial score (nSPS) is 17.5.